The van der Waals surface area contributed by atoms with Gasteiger partial charge in [-0.3, -0.25) is 14.6 Å². The summed E-state index contributed by atoms with van der Waals surface area (Å²) in [4.78, 5) is 43.5. The Hall–Kier alpha value is -5.76. The first kappa shape index (κ1) is 26.5. The molecule has 0 spiro atoms. The first-order chi connectivity index (χ1) is 20.4. The van der Waals surface area contributed by atoms with Crippen LogP contribution < -0.4 is 16.6 Å². The molecule has 0 saturated carbocycles. The normalized spacial score (nSPS) is 11.8. The molecule has 1 atom stereocenters. The number of nitrogens with one attached hydrogen (secondary N) is 2. The Morgan fingerprint density at radius 3 is 2.86 bits per heavy atom. The van der Waals surface area contributed by atoms with Gasteiger partial charge in [0.05, 0.1) is 23.4 Å². The van der Waals surface area contributed by atoms with Gasteiger partial charge in [0, 0.05) is 60.3 Å². The summed E-state index contributed by atoms with van der Waals surface area (Å²) in [7, 11) is 0. The number of hydrogen-bond donors (Lipinski definition) is 3. The van der Waals surface area contributed by atoms with E-state index in [0.717, 1.165) is 22.3 Å². The monoisotopic (exact) mass is 557 g/mol. The maximum Gasteiger partial charge on any atom is 0.259 e. The minimum Gasteiger partial charge on any atom is -0.381 e. The molecule has 0 unspecified atom stereocenters. The van der Waals surface area contributed by atoms with Crippen LogP contribution in [0, 0.1) is 18.8 Å². The summed E-state index contributed by atoms with van der Waals surface area (Å²) < 4.78 is 3.16. The second-order valence-electron chi connectivity index (χ2n) is 9.89. The van der Waals surface area contributed by atoms with Gasteiger partial charge in [-0.05, 0) is 49.6 Å². The number of fused-ring (bicyclic) bond motifs is 2. The van der Waals surface area contributed by atoms with Gasteiger partial charge >= 0.3 is 0 Å². The predicted molar refractivity (Wildman–Crippen MR) is 159 cm³/mol. The minimum atomic E-state index is -0.557. The molecule has 6 aromatic rings. The van der Waals surface area contributed by atoms with E-state index in [-0.39, 0.29) is 16.9 Å². The number of nitrogens with two attached hydrogens (primary N) is 1. The summed E-state index contributed by atoms with van der Waals surface area (Å²) in [5.74, 6) is 5.89. The minimum absolute atomic E-state index is 0.0732. The molecule has 11 nitrogen and oxygen atoms in total. The van der Waals surface area contributed by atoms with Gasteiger partial charge in [0.1, 0.15) is 5.56 Å². The van der Waals surface area contributed by atoms with Gasteiger partial charge in [0.25, 0.3) is 11.5 Å². The van der Waals surface area contributed by atoms with Crippen LogP contribution in [0.2, 0.25) is 0 Å². The van der Waals surface area contributed by atoms with Gasteiger partial charge in [-0.25, -0.2) is 14.5 Å². The Kier molecular flexibility index (Phi) is 6.94. The molecule has 5 heterocycles. The molecule has 0 aliphatic rings. The van der Waals surface area contributed by atoms with E-state index in [2.05, 4.69) is 42.2 Å². The third kappa shape index (κ3) is 5.09. The molecule has 0 aliphatic heterocycles. The SMILES string of the molecule is Cc1ccn2nc(N)c(C(=O)N[C@@H](C)c3cc4cccc(C#Cc5cccnc5)c4c(=O)n3CCc3c[nH]cn3)c2n1. The van der Waals surface area contributed by atoms with Crippen LogP contribution in [0.4, 0.5) is 5.82 Å². The second kappa shape index (κ2) is 11.0. The van der Waals surface area contributed by atoms with Crippen LogP contribution in [0.3, 0.4) is 0 Å². The molecule has 0 saturated heterocycles. The summed E-state index contributed by atoms with van der Waals surface area (Å²) in [5, 5.41) is 8.46. The standard InChI is InChI=1S/C31H27N9O2/c1-19-10-14-40-29(36-19)27(28(32)38-40)30(41)37-20(2)25-15-23-7-3-6-22(9-8-21-5-4-12-33-16-21)26(23)31(42)39(25)13-11-24-17-34-18-35-24/h3-7,10,12,14-18,20H,11,13H2,1-2H3,(H2,32,38)(H,34,35)(H,37,41)/t20-/m0/s1. The molecular weight excluding hydrogens is 530 g/mol. The molecule has 6 rings (SSSR count). The number of pyridine rings is 2. The number of H-pyrrole nitrogens is 1. The molecule has 42 heavy (non-hydrogen) atoms. The third-order valence-electron chi connectivity index (χ3n) is 6.99. The number of carbonyl (C=O) groups is 1. The zero-order chi connectivity index (χ0) is 29.2. The van der Waals surface area contributed by atoms with Crippen molar-refractivity contribution in [1.82, 2.24) is 39.4 Å². The van der Waals surface area contributed by atoms with Crippen molar-refractivity contribution in [3.8, 4) is 11.8 Å². The number of aromatic nitrogens is 7. The molecule has 1 amide bonds. The largest absolute Gasteiger partial charge is 0.381 e. The maximum absolute atomic E-state index is 14.1. The fraction of sp³-hybridized carbons (Fsp3) is 0.161. The Labute approximate surface area is 240 Å². The quantitative estimate of drug-likeness (QED) is 0.266. The number of nitrogens with zero attached hydrogens (tertiary/aromatic N) is 6. The Balaban J connectivity index is 1.42. The first-order valence-corrected chi connectivity index (χ1v) is 13.4. The van der Waals surface area contributed by atoms with Gasteiger partial charge in [-0.2, -0.15) is 0 Å². The molecule has 208 valence electrons. The van der Waals surface area contributed by atoms with Crippen molar-refractivity contribution in [1.29, 1.82) is 0 Å². The van der Waals surface area contributed by atoms with Gasteiger partial charge < -0.3 is 20.6 Å². The number of aromatic amines is 1. The smallest absolute Gasteiger partial charge is 0.259 e. The zero-order valence-electron chi connectivity index (χ0n) is 23.0. The van der Waals surface area contributed by atoms with Crippen LogP contribution in [0.1, 0.15) is 51.5 Å². The molecule has 5 aromatic heterocycles. The fourth-order valence-electron chi connectivity index (χ4n) is 4.94. The van der Waals surface area contributed by atoms with Crippen molar-refractivity contribution in [3.63, 3.8) is 0 Å². The lowest BCUT2D eigenvalue weighted by atomic mass is 10.0. The number of rotatable bonds is 6. The van der Waals surface area contributed by atoms with E-state index < -0.39 is 11.9 Å². The first-order valence-electron chi connectivity index (χ1n) is 13.4. The number of amides is 1. The van der Waals surface area contributed by atoms with Crippen molar-refractivity contribution in [3.05, 3.63) is 118 Å². The highest BCUT2D eigenvalue weighted by Gasteiger charge is 2.23. The average molecular weight is 558 g/mol. The van der Waals surface area contributed by atoms with E-state index in [1.54, 1.807) is 41.7 Å². The zero-order valence-corrected chi connectivity index (χ0v) is 23.0. The van der Waals surface area contributed by atoms with E-state index in [1.165, 1.54) is 4.52 Å². The second-order valence-corrected chi connectivity index (χ2v) is 9.89. The van der Waals surface area contributed by atoms with Gasteiger partial charge in [-0.1, -0.05) is 24.0 Å². The van der Waals surface area contributed by atoms with E-state index >= 15 is 0 Å². The topological polar surface area (TPSA) is 149 Å². The summed E-state index contributed by atoms with van der Waals surface area (Å²) >= 11 is 0. The van der Waals surface area contributed by atoms with Crippen molar-refractivity contribution < 1.29 is 4.79 Å². The van der Waals surface area contributed by atoms with E-state index in [4.69, 9.17) is 5.73 Å². The number of aryl methyl sites for hydroxylation is 2. The van der Waals surface area contributed by atoms with Gasteiger partial charge in [0.2, 0.25) is 0 Å². The van der Waals surface area contributed by atoms with Gasteiger partial charge in [0.15, 0.2) is 11.5 Å². The lowest BCUT2D eigenvalue weighted by Crippen LogP contribution is -2.33. The molecule has 11 heteroatoms. The number of imidazole rings is 1. The highest BCUT2D eigenvalue weighted by atomic mass is 16.2. The van der Waals surface area contributed by atoms with Crippen molar-refractivity contribution in [2.75, 3.05) is 5.73 Å². The van der Waals surface area contributed by atoms with E-state index in [0.29, 0.717) is 35.3 Å². The van der Waals surface area contributed by atoms with Crippen LogP contribution >= 0.6 is 0 Å². The van der Waals surface area contributed by atoms with Crippen molar-refractivity contribution >= 4 is 28.1 Å². The van der Waals surface area contributed by atoms with Crippen LogP contribution in [-0.2, 0) is 13.0 Å². The highest BCUT2D eigenvalue weighted by Crippen LogP contribution is 2.23. The molecule has 0 fully saturated rings. The van der Waals surface area contributed by atoms with Crippen LogP contribution in [0.15, 0.2) is 78.4 Å². The highest BCUT2D eigenvalue weighted by molar-refractivity contribution is 6.04. The number of anilines is 1. The van der Waals surface area contributed by atoms with Gasteiger partial charge in [-0.15, -0.1) is 5.10 Å². The average Bonchev–Trinajstić information content (AvgIpc) is 3.62. The van der Waals surface area contributed by atoms with Crippen molar-refractivity contribution in [2.45, 2.75) is 32.9 Å². The van der Waals surface area contributed by atoms with Crippen LogP contribution in [-0.4, -0.2) is 40.0 Å². The predicted octanol–water partition coefficient (Wildman–Crippen LogP) is 3.19. The van der Waals surface area contributed by atoms with Crippen molar-refractivity contribution in [2.24, 2.45) is 0 Å². The molecule has 0 radical (unpaired) electrons. The number of hydrogen-bond acceptors (Lipinski definition) is 7. The number of benzene rings is 1. The lowest BCUT2D eigenvalue weighted by Gasteiger charge is -2.21. The fourth-order valence-corrected chi connectivity index (χ4v) is 4.94. The summed E-state index contributed by atoms with van der Waals surface area (Å²) in [6.45, 7) is 4.01. The molecular formula is C31H27N9O2. The Morgan fingerprint density at radius 2 is 2.07 bits per heavy atom. The summed E-state index contributed by atoms with van der Waals surface area (Å²) in [6, 6.07) is 12.4. The summed E-state index contributed by atoms with van der Waals surface area (Å²) in [5.41, 5.74) is 10.0. The van der Waals surface area contributed by atoms with E-state index in [1.807, 2.05) is 50.2 Å². The number of nitrogen functional groups attached to an aromatic ring is 1. The Bertz CT molecular complexity index is 2050. The molecule has 0 aliphatic carbocycles. The molecule has 1 aromatic carbocycles. The third-order valence-corrected chi connectivity index (χ3v) is 6.99. The van der Waals surface area contributed by atoms with Crippen LogP contribution in [0.5, 0.6) is 0 Å². The Morgan fingerprint density at radius 1 is 1.19 bits per heavy atom. The summed E-state index contributed by atoms with van der Waals surface area (Å²) in [6.07, 6.45) is 8.98. The lowest BCUT2D eigenvalue weighted by molar-refractivity contribution is 0.0940. The molecule has 4 N–H and O–H groups in total. The van der Waals surface area contributed by atoms with E-state index in [9.17, 15) is 9.59 Å². The van der Waals surface area contributed by atoms with Crippen LogP contribution in [0.25, 0.3) is 16.4 Å². The molecule has 0 bridgehead atoms. The maximum atomic E-state index is 14.1. The number of carbonyl (C=O) groups excluding carboxylic acids is 1.